The molecule has 37 heavy (non-hydrogen) atoms. The van der Waals surface area contributed by atoms with Crippen LogP contribution >= 0.6 is 15.9 Å². The number of anilines is 1. The van der Waals surface area contributed by atoms with Gasteiger partial charge in [0, 0.05) is 45.5 Å². The molecule has 0 spiro atoms. The van der Waals surface area contributed by atoms with E-state index >= 15 is 0 Å². The lowest BCUT2D eigenvalue weighted by Gasteiger charge is -2.34. The lowest BCUT2D eigenvalue weighted by atomic mass is 9.90. The van der Waals surface area contributed by atoms with E-state index in [4.69, 9.17) is 0 Å². The second-order valence-corrected chi connectivity index (χ2v) is 11.6. The molecule has 3 aromatic rings. The molecule has 0 amide bonds. The molecule has 2 fully saturated rings. The third kappa shape index (κ3) is 6.21. The topological polar surface area (TPSA) is 36.6 Å². The van der Waals surface area contributed by atoms with Gasteiger partial charge in [0.25, 0.3) is 5.56 Å². The van der Waals surface area contributed by atoms with Crippen molar-refractivity contribution >= 4 is 21.6 Å². The van der Waals surface area contributed by atoms with Crippen molar-refractivity contribution in [1.82, 2.24) is 19.2 Å². The van der Waals surface area contributed by atoms with Gasteiger partial charge in [-0.25, -0.2) is 4.68 Å². The Labute approximate surface area is 229 Å². The van der Waals surface area contributed by atoms with Crippen LogP contribution in [0.15, 0.2) is 63.9 Å². The Morgan fingerprint density at radius 3 is 2.19 bits per heavy atom. The van der Waals surface area contributed by atoms with E-state index in [-0.39, 0.29) is 5.56 Å². The quantitative estimate of drug-likeness (QED) is 0.388. The van der Waals surface area contributed by atoms with Gasteiger partial charge in [-0.2, -0.15) is 0 Å². The number of likely N-dealkylation sites (tertiary alicyclic amines) is 1. The Morgan fingerprint density at radius 2 is 1.51 bits per heavy atom. The molecule has 0 unspecified atom stereocenters. The zero-order valence-corrected chi connectivity index (χ0v) is 23.9. The first-order valence-electron chi connectivity index (χ1n) is 13.8. The van der Waals surface area contributed by atoms with Crippen molar-refractivity contribution in [1.29, 1.82) is 0 Å². The number of likely N-dealkylation sites (N-methyl/N-ethyl adjacent to an activating group) is 1. The molecule has 2 aliphatic heterocycles. The van der Waals surface area contributed by atoms with Gasteiger partial charge in [0.2, 0.25) is 0 Å². The van der Waals surface area contributed by atoms with E-state index in [9.17, 15) is 4.79 Å². The molecule has 2 aliphatic rings. The predicted octanol–water partition coefficient (Wildman–Crippen LogP) is 4.93. The molecule has 7 heteroatoms. The van der Waals surface area contributed by atoms with Crippen molar-refractivity contribution in [2.45, 2.75) is 38.6 Å². The van der Waals surface area contributed by atoms with Crippen molar-refractivity contribution in [3.63, 3.8) is 0 Å². The number of aryl methyl sites for hydroxylation is 1. The number of piperazine rings is 1. The molecule has 3 heterocycles. The minimum atomic E-state index is 0.00940. The molecule has 0 radical (unpaired) electrons. The zero-order chi connectivity index (χ0) is 25.8. The number of para-hydroxylation sites is 1. The first kappa shape index (κ1) is 26.3. The molecule has 0 N–H and O–H groups in total. The van der Waals surface area contributed by atoms with Crippen LogP contribution in [0.1, 0.15) is 36.9 Å². The highest BCUT2D eigenvalue weighted by Crippen LogP contribution is 2.26. The largest absolute Gasteiger partial charge is 0.369 e. The molecular weight excluding hydrogens is 526 g/mol. The fraction of sp³-hybridized carbons (Fsp3) is 0.500. The maximum absolute atomic E-state index is 12.9. The zero-order valence-electron chi connectivity index (χ0n) is 22.3. The minimum absolute atomic E-state index is 0.00940. The van der Waals surface area contributed by atoms with Crippen LogP contribution in [-0.2, 0) is 20.0 Å². The van der Waals surface area contributed by atoms with Gasteiger partial charge >= 0.3 is 0 Å². The van der Waals surface area contributed by atoms with Gasteiger partial charge in [-0.05, 0) is 97.5 Å². The van der Waals surface area contributed by atoms with Gasteiger partial charge < -0.3 is 9.80 Å². The molecule has 0 atom stereocenters. The fourth-order valence-electron chi connectivity index (χ4n) is 5.82. The van der Waals surface area contributed by atoms with Crippen LogP contribution < -0.4 is 10.5 Å². The molecule has 0 saturated carbocycles. The van der Waals surface area contributed by atoms with E-state index in [1.54, 1.807) is 4.68 Å². The summed E-state index contributed by atoms with van der Waals surface area (Å²) in [6.07, 6.45) is 6.23. The maximum Gasteiger partial charge on any atom is 0.286 e. The molecule has 0 bridgehead atoms. The highest BCUT2D eigenvalue weighted by atomic mass is 79.9. The van der Waals surface area contributed by atoms with Gasteiger partial charge in [0.15, 0.2) is 0 Å². The van der Waals surface area contributed by atoms with Crippen LogP contribution in [0.3, 0.4) is 0 Å². The Morgan fingerprint density at radius 1 is 0.838 bits per heavy atom. The van der Waals surface area contributed by atoms with Gasteiger partial charge in [0.05, 0.1) is 11.4 Å². The maximum atomic E-state index is 12.9. The first-order chi connectivity index (χ1) is 18.0. The summed E-state index contributed by atoms with van der Waals surface area (Å²) in [6.45, 7) is 7.55. The summed E-state index contributed by atoms with van der Waals surface area (Å²) >= 11 is 3.59. The second-order valence-electron chi connectivity index (χ2n) is 10.8. The van der Waals surface area contributed by atoms with Crippen molar-refractivity contribution in [2.24, 2.45) is 13.0 Å². The summed E-state index contributed by atoms with van der Waals surface area (Å²) in [7, 11) is 4.19. The molecule has 0 aliphatic carbocycles. The van der Waals surface area contributed by atoms with Crippen molar-refractivity contribution in [3.8, 4) is 5.69 Å². The summed E-state index contributed by atoms with van der Waals surface area (Å²) in [5, 5.41) is 0. The lowest BCUT2D eigenvalue weighted by Crippen LogP contribution is -2.44. The van der Waals surface area contributed by atoms with E-state index in [1.807, 2.05) is 42.1 Å². The summed E-state index contributed by atoms with van der Waals surface area (Å²) in [6, 6.07) is 19.2. The van der Waals surface area contributed by atoms with E-state index < -0.39 is 0 Å². The van der Waals surface area contributed by atoms with Gasteiger partial charge in [-0.3, -0.25) is 14.4 Å². The average Bonchev–Trinajstić information content (AvgIpc) is 3.14. The Balaban J connectivity index is 1.08. The number of nitrogens with zero attached hydrogens (tertiary/aromatic N) is 5. The smallest absolute Gasteiger partial charge is 0.286 e. The van der Waals surface area contributed by atoms with Crippen LogP contribution in [0.2, 0.25) is 0 Å². The van der Waals surface area contributed by atoms with Gasteiger partial charge in [-0.1, -0.05) is 36.8 Å². The van der Waals surface area contributed by atoms with Crippen LogP contribution in [0.4, 0.5) is 5.69 Å². The molecule has 5 rings (SSSR count). The monoisotopic (exact) mass is 565 g/mol. The van der Waals surface area contributed by atoms with Crippen molar-refractivity contribution in [3.05, 3.63) is 80.7 Å². The number of benzene rings is 2. The second kappa shape index (κ2) is 12.0. The minimum Gasteiger partial charge on any atom is -0.369 e. The van der Waals surface area contributed by atoms with Gasteiger partial charge in [0.1, 0.15) is 4.47 Å². The molecule has 6 nitrogen and oxygen atoms in total. The molecule has 2 aromatic carbocycles. The van der Waals surface area contributed by atoms with E-state index in [0.29, 0.717) is 4.47 Å². The molecular formula is C30H40BrN5O. The Kier molecular flexibility index (Phi) is 8.53. The average molecular weight is 567 g/mol. The molecule has 1 aromatic heterocycles. The summed E-state index contributed by atoms with van der Waals surface area (Å²) in [5.41, 5.74) is 4.79. The van der Waals surface area contributed by atoms with Gasteiger partial charge in [-0.15, -0.1) is 0 Å². The van der Waals surface area contributed by atoms with Crippen LogP contribution in [0, 0.1) is 5.92 Å². The molecule has 2 saturated heterocycles. The van der Waals surface area contributed by atoms with Crippen LogP contribution in [0.25, 0.3) is 5.69 Å². The van der Waals surface area contributed by atoms with Crippen molar-refractivity contribution in [2.75, 3.05) is 51.2 Å². The van der Waals surface area contributed by atoms with Crippen molar-refractivity contribution < 1.29 is 0 Å². The first-order valence-corrected chi connectivity index (χ1v) is 14.6. The number of hydrogen-bond acceptors (Lipinski definition) is 4. The Bertz CT molecular complexity index is 1200. The summed E-state index contributed by atoms with van der Waals surface area (Å²) in [5.74, 6) is 0.807. The van der Waals surface area contributed by atoms with Crippen LogP contribution in [-0.4, -0.2) is 65.5 Å². The van der Waals surface area contributed by atoms with Crippen LogP contribution in [0.5, 0.6) is 0 Å². The summed E-state index contributed by atoms with van der Waals surface area (Å²) in [4.78, 5) is 20.3. The lowest BCUT2D eigenvalue weighted by molar-refractivity contribution is 0.167. The van der Waals surface area contributed by atoms with E-state index in [0.717, 1.165) is 63.1 Å². The number of halogens is 1. The van der Waals surface area contributed by atoms with E-state index in [2.05, 4.69) is 61.9 Å². The number of rotatable bonds is 8. The highest BCUT2D eigenvalue weighted by molar-refractivity contribution is 9.10. The summed E-state index contributed by atoms with van der Waals surface area (Å²) < 4.78 is 4.44. The number of hydrogen-bond donors (Lipinski definition) is 0. The Hall–Kier alpha value is -2.35. The highest BCUT2D eigenvalue weighted by Gasteiger charge is 2.23. The third-order valence-corrected chi connectivity index (χ3v) is 9.08. The fourth-order valence-corrected chi connectivity index (χ4v) is 6.37. The number of aromatic nitrogens is 2. The third-order valence-electron chi connectivity index (χ3n) is 8.29. The standard InChI is InChI=1S/C30H40BrN5O/c1-32-19-21-35(22-20-32)26-13-11-24(12-14-26)7-6-8-25-15-17-34(18-16-25)23-28-29(31)30(37)36(33(28)2)27-9-4-3-5-10-27/h3-5,9-14,25H,6-8,15-23H2,1-2H3. The SMILES string of the molecule is CN1CCN(c2ccc(CCCC3CCN(Cc4c(Br)c(=O)n(-c5ccccc5)n4C)CC3)cc2)CC1. The number of piperidine rings is 1. The predicted molar refractivity (Wildman–Crippen MR) is 156 cm³/mol. The van der Waals surface area contributed by atoms with E-state index in [1.165, 1.54) is 43.4 Å². The normalized spacial score (nSPS) is 18.0. The molecule has 198 valence electrons.